The first-order chi connectivity index (χ1) is 17.8. The van der Waals surface area contributed by atoms with Crippen molar-refractivity contribution >= 4 is 40.6 Å². The lowest BCUT2D eigenvalue weighted by Crippen LogP contribution is -2.47. The molecule has 0 unspecified atom stereocenters. The Bertz CT molecular complexity index is 1460. The zero-order valence-corrected chi connectivity index (χ0v) is 21.3. The largest absolute Gasteiger partial charge is 0.491 e. The summed E-state index contributed by atoms with van der Waals surface area (Å²) in [5, 5.41) is 3.66. The number of nitrogens with zero attached hydrogens (tertiary/aromatic N) is 4. The van der Waals surface area contributed by atoms with E-state index < -0.39 is 5.41 Å². The molecule has 3 aliphatic rings. The van der Waals surface area contributed by atoms with Crippen molar-refractivity contribution < 1.29 is 14.3 Å². The van der Waals surface area contributed by atoms with E-state index in [-0.39, 0.29) is 22.9 Å². The summed E-state index contributed by atoms with van der Waals surface area (Å²) in [5.41, 5.74) is 1.86. The van der Waals surface area contributed by atoms with Crippen LogP contribution in [-0.4, -0.2) is 57.9 Å². The molecule has 1 aromatic carbocycles. The second kappa shape index (κ2) is 8.92. The van der Waals surface area contributed by atoms with Crippen LogP contribution in [0.3, 0.4) is 0 Å². The van der Waals surface area contributed by atoms with Gasteiger partial charge in [0.1, 0.15) is 24.2 Å². The van der Waals surface area contributed by atoms with Crippen LogP contribution < -0.4 is 15.6 Å². The molecular weight excluding hydrogens is 494 g/mol. The third-order valence-electron chi connectivity index (χ3n) is 8.22. The minimum Gasteiger partial charge on any atom is -0.491 e. The lowest BCUT2D eigenvalue weighted by atomic mass is 9.68. The number of aldehydes is 1. The summed E-state index contributed by atoms with van der Waals surface area (Å²) in [6.07, 6.45) is 6.59. The first-order valence-corrected chi connectivity index (χ1v) is 13.0. The Morgan fingerprint density at radius 1 is 1.16 bits per heavy atom. The number of hydrogen-bond donors (Lipinski definition) is 1. The molecule has 1 saturated carbocycles. The molecule has 9 nitrogen and oxygen atoms in total. The predicted molar refractivity (Wildman–Crippen MR) is 139 cm³/mol. The molecule has 192 valence electrons. The number of aromatic nitrogens is 3. The molecule has 0 radical (unpaired) electrons. The molecule has 1 amide bonds. The number of halogens is 1. The monoisotopic (exact) mass is 521 g/mol. The number of likely N-dealkylation sites (tertiary alicyclic amines) is 1. The summed E-state index contributed by atoms with van der Waals surface area (Å²) in [6, 6.07) is 7.34. The van der Waals surface area contributed by atoms with Crippen molar-refractivity contribution in [3.05, 3.63) is 57.6 Å². The van der Waals surface area contributed by atoms with Crippen molar-refractivity contribution in [2.24, 2.45) is 5.41 Å². The summed E-state index contributed by atoms with van der Waals surface area (Å²) in [4.78, 5) is 47.7. The van der Waals surface area contributed by atoms with Gasteiger partial charge in [0.25, 0.3) is 5.56 Å². The van der Waals surface area contributed by atoms with Gasteiger partial charge < -0.3 is 14.8 Å². The van der Waals surface area contributed by atoms with Gasteiger partial charge in [0, 0.05) is 34.8 Å². The minimum atomic E-state index is -0.509. The summed E-state index contributed by atoms with van der Waals surface area (Å²) >= 11 is 6.22. The Hall–Kier alpha value is -3.30. The van der Waals surface area contributed by atoms with Gasteiger partial charge in [-0.2, -0.15) is 0 Å². The van der Waals surface area contributed by atoms with Gasteiger partial charge in [0.2, 0.25) is 5.91 Å². The smallest absolute Gasteiger partial charge is 0.270 e. The summed E-state index contributed by atoms with van der Waals surface area (Å²) in [7, 11) is 0. The number of piperidine rings is 1. The van der Waals surface area contributed by atoms with Crippen LogP contribution in [0, 0.1) is 5.41 Å². The van der Waals surface area contributed by atoms with Gasteiger partial charge >= 0.3 is 0 Å². The standard InChI is InChI=1S/C27H28ClN5O4/c1-26(16-34)12-18(13-26)33-23(35)15-29-22-11-19(14-30-24(22)33)37-9-8-32-6-4-27(5-7-32)20-10-17(28)2-3-21(20)31-25(27)36/h2-3,10-11,14-16,18H,4-9,12-13H2,1H3,(H,31,36). The van der Waals surface area contributed by atoms with Crippen LogP contribution >= 0.6 is 11.6 Å². The molecule has 1 saturated heterocycles. The maximum absolute atomic E-state index is 12.8. The molecule has 0 atom stereocenters. The Morgan fingerprint density at radius 2 is 1.95 bits per heavy atom. The number of carbonyl (C=O) groups excluding carboxylic acids is 2. The van der Waals surface area contributed by atoms with Gasteiger partial charge in [-0.15, -0.1) is 0 Å². The lowest BCUT2D eigenvalue weighted by molar-refractivity contribution is -0.122. The molecular formula is C27H28ClN5O4. The Balaban J connectivity index is 1.08. The van der Waals surface area contributed by atoms with Crippen LogP contribution in [0.2, 0.25) is 5.02 Å². The Labute approximate surface area is 218 Å². The number of anilines is 1. The highest BCUT2D eigenvalue weighted by Crippen LogP contribution is 2.47. The second-order valence-electron chi connectivity index (χ2n) is 10.7. The maximum Gasteiger partial charge on any atom is 0.270 e. The van der Waals surface area contributed by atoms with Crippen molar-refractivity contribution in [2.75, 3.05) is 31.6 Å². The number of fused-ring (bicyclic) bond motifs is 3. The molecule has 37 heavy (non-hydrogen) atoms. The lowest BCUT2D eigenvalue weighted by Gasteiger charge is -2.41. The van der Waals surface area contributed by atoms with Crippen LogP contribution in [-0.2, 0) is 15.0 Å². The topological polar surface area (TPSA) is 106 Å². The zero-order valence-electron chi connectivity index (χ0n) is 20.6. The quantitative estimate of drug-likeness (QED) is 0.496. The Kier molecular flexibility index (Phi) is 5.80. The van der Waals surface area contributed by atoms with E-state index in [2.05, 4.69) is 20.2 Å². The maximum atomic E-state index is 12.8. The van der Waals surface area contributed by atoms with Crippen LogP contribution in [0.1, 0.15) is 44.2 Å². The van der Waals surface area contributed by atoms with Gasteiger partial charge in [0.05, 0.1) is 17.8 Å². The van der Waals surface area contributed by atoms with E-state index in [1.807, 2.05) is 19.1 Å². The third kappa shape index (κ3) is 4.10. The summed E-state index contributed by atoms with van der Waals surface area (Å²) in [6.45, 7) is 4.66. The average molecular weight is 522 g/mol. The molecule has 2 fully saturated rings. The van der Waals surface area contributed by atoms with Crippen molar-refractivity contribution in [2.45, 2.75) is 44.1 Å². The van der Waals surface area contributed by atoms with Crippen LogP contribution in [0.4, 0.5) is 5.69 Å². The summed E-state index contributed by atoms with van der Waals surface area (Å²) in [5.74, 6) is 0.648. The van der Waals surface area contributed by atoms with E-state index in [0.29, 0.717) is 41.4 Å². The molecule has 0 bridgehead atoms. The van der Waals surface area contributed by atoms with E-state index in [4.69, 9.17) is 16.3 Å². The van der Waals surface area contributed by atoms with Gasteiger partial charge in [0.15, 0.2) is 5.65 Å². The van der Waals surface area contributed by atoms with Gasteiger partial charge in [-0.25, -0.2) is 9.97 Å². The molecule has 10 heteroatoms. The van der Waals surface area contributed by atoms with Crippen molar-refractivity contribution in [3.8, 4) is 5.75 Å². The molecule has 1 aliphatic carbocycles. The fourth-order valence-electron chi connectivity index (χ4n) is 6.06. The number of nitrogens with one attached hydrogen (secondary N) is 1. The molecule has 4 heterocycles. The highest BCUT2D eigenvalue weighted by atomic mass is 35.5. The first kappa shape index (κ1) is 24.1. The molecule has 1 spiro atoms. The number of benzene rings is 1. The average Bonchev–Trinajstić information content (AvgIpc) is 3.14. The van der Waals surface area contributed by atoms with E-state index in [1.54, 1.807) is 22.9 Å². The van der Waals surface area contributed by atoms with Gasteiger partial charge in [-0.3, -0.25) is 19.1 Å². The third-order valence-corrected chi connectivity index (χ3v) is 8.46. The van der Waals surface area contributed by atoms with E-state index in [1.165, 1.54) is 6.20 Å². The zero-order chi connectivity index (χ0) is 25.8. The fraction of sp³-hybridized carbons (Fsp3) is 0.444. The number of rotatable bonds is 6. The first-order valence-electron chi connectivity index (χ1n) is 12.6. The predicted octanol–water partition coefficient (Wildman–Crippen LogP) is 3.35. The number of hydrogen-bond acceptors (Lipinski definition) is 7. The second-order valence-corrected chi connectivity index (χ2v) is 11.2. The van der Waals surface area contributed by atoms with E-state index in [9.17, 15) is 14.4 Å². The van der Waals surface area contributed by atoms with Gasteiger partial charge in [-0.1, -0.05) is 18.5 Å². The van der Waals surface area contributed by atoms with E-state index >= 15 is 0 Å². The van der Waals surface area contributed by atoms with Crippen molar-refractivity contribution in [1.29, 1.82) is 0 Å². The molecule has 2 aromatic heterocycles. The number of ether oxygens (including phenoxy) is 1. The fourth-order valence-corrected chi connectivity index (χ4v) is 6.23. The number of amides is 1. The number of carbonyl (C=O) groups is 2. The summed E-state index contributed by atoms with van der Waals surface area (Å²) < 4.78 is 7.62. The van der Waals surface area contributed by atoms with Crippen LogP contribution in [0.25, 0.3) is 11.2 Å². The van der Waals surface area contributed by atoms with Crippen molar-refractivity contribution in [1.82, 2.24) is 19.4 Å². The SMILES string of the molecule is CC1(C=O)CC(n2c(=O)cnc3cc(OCCN4CCC5(CC4)C(=O)Nc4ccc(Cl)cc45)cnc32)C1. The van der Waals surface area contributed by atoms with E-state index in [0.717, 1.165) is 50.0 Å². The minimum absolute atomic E-state index is 0.0557. The highest BCUT2D eigenvalue weighted by Gasteiger charge is 2.48. The van der Waals surface area contributed by atoms with Gasteiger partial charge in [-0.05, 0) is 62.5 Å². The Morgan fingerprint density at radius 3 is 2.70 bits per heavy atom. The molecule has 3 aromatic rings. The van der Waals surface area contributed by atoms with Crippen molar-refractivity contribution in [3.63, 3.8) is 0 Å². The highest BCUT2D eigenvalue weighted by molar-refractivity contribution is 6.31. The van der Waals surface area contributed by atoms with Crippen LogP contribution in [0.5, 0.6) is 5.75 Å². The van der Waals surface area contributed by atoms with Crippen LogP contribution in [0.15, 0.2) is 41.5 Å². The number of pyridine rings is 1. The molecule has 2 aliphatic heterocycles. The molecule has 1 N–H and O–H groups in total. The normalized spacial score (nSPS) is 24.5. The molecule has 6 rings (SSSR count).